The molecule has 0 unspecified atom stereocenters. The molecule has 0 spiro atoms. The largest absolute Gasteiger partial charge is 0.486 e. The summed E-state index contributed by atoms with van der Waals surface area (Å²) in [5, 5.41) is 1.83. The van der Waals surface area contributed by atoms with Gasteiger partial charge in [0, 0.05) is 47.5 Å². The molecule has 0 bridgehead atoms. The van der Waals surface area contributed by atoms with E-state index < -0.39 is 29.6 Å². The van der Waals surface area contributed by atoms with Crippen LogP contribution in [0.1, 0.15) is 36.5 Å². The third-order valence-corrected chi connectivity index (χ3v) is 7.13. The molecule has 3 aromatic carbocycles. The van der Waals surface area contributed by atoms with Crippen LogP contribution < -0.4 is 4.74 Å². The molecule has 1 aliphatic heterocycles. The maximum Gasteiger partial charge on any atom is 0.324 e. The molecule has 1 N–H and O–H groups in total. The Balaban J connectivity index is 1.57. The van der Waals surface area contributed by atoms with E-state index in [0.29, 0.717) is 16.1 Å². The lowest BCUT2D eigenvalue weighted by molar-refractivity contribution is -0.240. The van der Waals surface area contributed by atoms with E-state index in [4.69, 9.17) is 49.0 Å². The normalized spacial score (nSPS) is 16.4. The highest BCUT2D eigenvalue weighted by Gasteiger charge is 2.48. The van der Waals surface area contributed by atoms with Gasteiger partial charge >= 0.3 is 11.9 Å². The van der Waals surface area contributed by atoms with Gasteiger partial charge in [-0.25, -0.2) is 0 Å². The fourth-order valence-corrected chi connectivity index (χ4v) is 5.37. The van der Waals surface area contributed by atoms with Crippen molar-refractivity contribution < 1.29 is 23.8 Å². The van der Waals surface area contributed by atoms with Gasteiger partial charge in [-0.3, -0.25) is 9.59 Å². The monoisotopic (exact) mass is 557 g/mol. The summed E-state index contributed by atoms with van der Waals surface area (Å²) in [5.41, 5.74) is 2.85. The van der Waals surface area contributed by atoms with Gasteiger partial charge in [-0.15, -0.1) is 0 Å². The van der Waals surface area contributed by atoms with Crippen molar-refractivity contribution in [3.8, 4) is 5.75 Å². The van der Waals surface area contributed by atoms with Crippen LogP contribution in [-0.4, -0.2) is 22.7 Å². The van der Waals surface area contributed by atoms with Crippen LogP contribution in [0.25, 0.3) is 10.9 Å². The van der Waals surface area contributed by atoms with E-state index >= 15 is 0 Å². The van der Waals surface area contributed by atoms with Crippen molar-refractivity contribution >= 4 is 57.6 Å². The van der Waals surface area contributed by atoms with Crippen molar-refractivity contribution in [2.45, 2.75) is 32.2 Å². The van der Waals surface area contributed by atoms with E-state index in [1.54, 1.807) is 24.4 Å². The first kappa shape index (κ1) is 25.5. The van der Waals surface area contributed by atoms with E-state index in [0.717, 1.165) is 16.5 Å². The van der Waals surface area contributed by atoms with E-state index in [1.165, 1.54) is 13.8 Å². The Morgan fingerprint density at radius 2 is 1.54 bits per heavy atom. The molecule has 1 aromatic heterocycles. The predicted octanol–water partition coefficient (Wildman–Crippen LogP) is 7.29. The van der Waals surface area contributed by atoms with Crippen LogP contribution in [0.2, 0.25) is 15.1 Å². The zero-order valence-corrected chi connectivity index (χ0v) is 22.2. The predicted molar refractivity (Wildman–Crippen MR) is 142 cm³/mol. The summed E-state index contributed by atoms with van der Waals surface area (Å²) in [5.74, 6) is -4.54. The third kappa shape index (κ3) is 5.01. The molecule has 0 amide bonds. The Kier molecular flexibility index (Phi) is 6.84. The van der Waals surface area contributed by atoms with Crippen molar-refractivity contribution in [3.05, 3.63) is 98.6 Å². The Labute approximate surface area is 228 Å². The van der Waals surface area contributed by atoms with E-state index in [-0.39, 0.29) is 22.4 Å². The number of aromatic nitrogens is 1. The maximum absolute atomic E-state index is 13.2. The molecule has 6 nitrogen and oxygen atoms in total. The van der Waals surface area contributed by atoms with Crippen LogP contribution in [-0.2, 0) is 25.7 Å². The van der Waals surface area contributed by atoms with Crippen LogP contribution >= 0.6 is 34.8 Å². The molecular formula is C28H22Cl3NO5. The molecule has 0 saturated carbocycles. The number of fused-ring (bicyclic) bond motifs is 1. The summed E-state index contributed by atoms with van der Waals surface area (Å²) in [6, 6.07) is 18.1. The van der Waals surface area contributed by atoms with Gasteiger partial charge in [-0.2, -0.15) is 0 Å². The molecule has 5 rings (SSSR count). The quantitative estimate of drug-likeness (QED) is 0.199. The third-order valence-electron chi connectivity index (χ3n) is 6.20. The minimum absolute atomic E-state index is 0.153. The number of H-pyrrole nitrogens is 1. The molecule has 2 heterocycles. The SMILES string of the molecule is CC1(C)OC(=O)C([C@H](c2cc(Cl)c(OCc3ccccc3Cl)c(Cl)c2)c2c[nH]c3ccccc23)C(=O)O1. The van der Waals surface area contributed by atoms with Gasteiger partial charge in [-0.1, -0.05) is 71.2 Å². The first-order chi connectivity index (χ1) is 17.6. The lowest BCUT2D eigenvalue weighted by atomic mass is 9.80. The van der Waals surface area contributed by atoms with E-state index in [9.17, 15) is 9.59 Å². The number of halogens is 3. The highest BCUT2D eigenvalue weighted by molar-refractivity contribution is 6.37. The van der Waals surface area contributed by atoms with Crippen molar-refractivity contribution in [2.75, 3.05) is 0 Å². The fraction of sp³-hybridized carbons (Fsp3) is 0.214. The number of esters is 2. The Morgan fingerprint density at radius 3 is 2.22 bits per heavy atom. The average Bonchev–Trinajstić information content (AvgIpc) is 3.25. The summed E-state index contributed by atoms with van der Waals surface area (Å²) in [6.45, 7) is 3.18. The van der Waals surface area contributed by atoms with Gasteiger partial charge in [0.05, 0.1) is 10.0 Å². The second-order valence-corrected chi connectivity index (χ2v) is 10.4. The maximum atomic E-state index is 13.2. The number of nitrogens with one attached hydrogen (secondary N) is 1. The molecule has 1 aliphatic rings. The van der Waals surface area contributed by atoms with Crippen molar-refractivity contribution in [2.24, 2.45) is 5.92 Å². The van der Waals surface area contributed by atoms with Gasteiger partial charge in [0.2, 0.25) is 0 Å². The van der Waals surface area contributed by atoms with Crippen LogP contribution in [0.4, 0.5) is 0 Å². The smallest absolute Gasteiger partial charge is 0.324 e. The number of carbonyl (C=O) groups is 2. The zero-order chi connectivity index (χ0) is 26.3. The number of aromatic amines is 1. The number of hydrogen-bond donors (Lipinski definition) is 1. The van der Waals surface area contributed by atoms with E-state index in [2.05, 4.69) is 4.98 Å². The number of para-hydroxylation sites is 1. The number of carbonyl (C=O) groups excluding carboxylic acids is 2. The average molecular weight is 559 g/mol. The zero-order valence-electron chi connectivity index (χ0n) is 19.9. The first-order valence-corrected chi connectivity index (χ1v) is 12.6. The summed E-state index contributed by atoms with van der Waals surface area (Å²) in [4.78, 5) is 29.5. The summed E-state index contributed by atoms with van der Waals surface area (Å²) in [6.07, 6.45) is 1.76. The highest BCUT2D eigenvalue weighted by Crippen LogP contribution is 2.44. The first-order valence-electron chi connectivity index (χ1n) is 11.5. The molecule has 0 aliphatic carbocycles. The van der Waals surface area contributed by atoms with Gasteiger partial charge in [0.1, 0.15) is 6.61 Å². The van der Waals surface area contributed by atoms with Gasteiger partial charge in [-0.05, 0) is 35.4 Å². The number of hydrogen-bond acceptors (Lipinski definition) is 5. The van der Waals surface area contributed by atoms with E-state index in [1.807, 2.05) is 42.5 Å². The Morgan fingerprint density at radius 1 is 0.919 bits per heavy atom. The van der Waals surface area contributed by atoms with Crippen LogP contribution in [0, 0.1) is 5.92 Å². The minimum Gasteiger partial charge on any atom is -0.486 e. The number of ether oxygens (including phenoxy) is 3. The molecular weight excluding hydrogens is 537 g/mol. The number of benzene rings is 3. The Bertz CT molecular complexity index is 1470. The fourth-order valence-electron chi connectivity index (χ4n) is 4.57. The molecule has 0 radical (unpaired) electrons. The minimum atomic E-state index is -1.36. The topological polar surface area (TPSA) is 77.6 Å². The van der Waals surface area contributed by atoms with Gasteiger partial charge in [0.25, 0.3) is 5.79 Å². The molecule has 1 saturated heterocycles. The molecule has 37 heavy (non-hydrogen) atoms. The summed E-state index contributed by atoms with van der Waals surface area (Å²) >= 11 is 19.5. The van der Waals surface area contributed by atoms with Crippen LogP contribution in [0.15, 0.2) is 66.9 Å². The van der Waals surface area contributed by atoms with Crippen LogP contribution in [0.5, 0.6) is 5.75 Å². The standard InChI is InChI=1S/C28H22Cl3NO5/c1-28(2)36-26(33)24(27(34)37-28)23(18-13-32-22-10-6-4-8-17(18)22)16-11-20(30)25(21(31)12-16)35-14-15-7-3-5-9-19(15)29/h3-13,23-24,32H,14H2,1-2H3/t23-/m1/s1. The highest BCUT2D eigenvalue weighted by atomic mass is 35.5. The van der Waals surface area contributed by atoms with Gasteiger partial charge in [0.15, 0.2) is 11.7 Å². The van der Waals surface area contributed by atoms with Crippen molar-refractivity contribution in [1.29, 1.82) is 0 Å². The molecule has 1 atom stereocenters. The van der Waals surface area contributed by atoms with Crippen LogP contribution in [0.3, 0.4) is 0 Å². The summed E-state index contributed by atoms with van der Waals surface area (Å²) < 4.78 is 16.8. The second-order valence-electron chi connectivity index (χ2n) is 9.18. The van der Waals surface area contributed by atoms with Gasteiger partial charge < -0.3 is 19.2 Å². The number of cyclic esters (lactones) is 2. The lowest BCUT2D eigenvalue weighted by Gasteiger charge is -2.36. The molecule has 1 fully saturated rings. The molecule has 190 valence electrons. The van der Waals surface area contributed by atoms with Crippen molar-refractivity contribution in [3.63, 3.8) is 0 Å². The Hall–Kier alpha value is -3.19. The molecule has 4 aromatic rings. The second kappa shape index (κ2) is 9.93. The number of rotatable bonds is 6. The molecule has 9 heteroatoms. The lowest BCUT2D eigenvalue weighted by Crippen LogP contribution is -2.48. The summed E-state index contributed by atoms with van der Waals surface area (Å²) in [7, 11) is 0. The van der Waals surface area contributed by atoms with Crippen molar-refractivity contribution in [1.82, 2.24) is 4.98 Å².